The van der Waals surface area contributed by atoms with Gasteiger partial charge < -0.3 is 0 Å². The molecule has 0 aliphatic carbocycles. The Kier molecular flexibility index (Phi) is 3.27. The molecule has 0 bridgehead atoms. The number of benzene rings is 1. The molecule has 66 valence electrons. The average Bonchev–Trinajstić information content (AvgIpc) is 2.02. The number of aryl methyl sites for hydroxylation is 2. The van der Waals surface area contributed by atoms with Gasteiger partial charge in [0, 0.05) is 10.5 Å². The van der Waals surface area contributed by atoms with Crippen molar-refractivity contribution in [3.8, 4) is 6.07 Å². The first-order chi connectivity index (χ1) is 6.15. The van der Waals surface area contributed by atoms with Crippen molar-refractivity contribution in [2.24, 2.45) is 0 Å². The van der Waals surface area contributed by atoms with E-state index < -0.39 is 0 Å². The molecule has 1 aromatic carbocycles. The molecule has 0 aliphatic heterocycles. The Labute approximate surface area is 86.8 Å². The molecule has 0 amide bonds. The second-order valence-corrected chi connectivity index (χ2v) is 3.83. The van der Waals surface area contributed by atoms with Crippen LogP contribution in [0.15, 0.2) is 22.7 Å². The van der Waals surface area contributed by atoms with Crippen LogP contribution in [0.25, 0.3) is 6.08 Å². The predicted molar refractivity (Wildman–Crippen MR) is 58.3 cm³/mol. The van der Waals surface area contributed by atoms with Gasteiger partial charge in [-0.3, -0.25) is 0 Å². The highest BCUT2D eigenvalue weighted by molar-refractivity contribution is 9.10. The van der Waals surface area contributed by atoms with Gasteiger partial charge in [-0.05, 0) is 48.7 Å². The SMILES string of the molecule is Cc1cc(Br)cc(C)c1C=CC#N. The number of allylic oxidation sites excluding steroid dienone is 1. The van der Waals surface area contributed by atoms with E-state index in [2.05, 4.69) is 15.9 Å². The number of nitrogens with zero attached hydrogens (tertiary/aromatic N) is 1. The van der Waals surface area contributed by atoms with Crippen LogP contribution in [0.5, 0.6) is 0 Å². The van der Waals surface area contributed by atoms with Gasteiger partial charge in [0.15, 0.2) is 0 Å². The van der Waals surface area contributed by atoms with E-state index in [1.807, 2.05) is 38.1 Å². The molecule has 0 saturated heterocycles. The lowest BCUT2D eigenvalue weighted by molar-refractivity contribution is 1.34. The van der Waals surface area contributed by atoms with Crippen molar-refractivity contribution in [3.05, 3.63) is 39.4 Å². The second kappa shape index (κ2) is 4.25. The van der Waals surface area contributed by atoms with Crippen LogP contribution in [0.2, 0.25) is 0 Å². The maximum atomic E-state index is 8.42. The minimum Gasteiger partial charge on any atom is -0.193 e. The molecule has 0 saturated carbocycles. The summed E-state index contributed by atoms with van der Waals surface area (Å²) in [6.45, 7) is 4.07. The average molecular weight is 236 g/mol. The van der Waals surface area contributed by atoms with Gasteiger partial charge in [0.2, 0.25) is 0 Å². The highest BCUT2D eigenvalue weighted by Crippen LogP contribution is 2.21. The van der Waals surface area contributed by atoms with Crippen molar-refractivity contribution in [1.29, 1.82) is 5.26 Å². The van der Waals surface area contributed by atoms with Crippen LogP contribution >= 0.6 is 15.9 Å². The van der Waals surface area contributed by atoms with E-state index in [9.17, 15) is 0 Å². The minimum atomic E-state index is 1.08. The molecule has 0 spiro atoms. The molecule has 0 aliphatic rings. The van der Waals surface area contributed by atoms with Crippen molar-refractivity contribution in [2.45, 2.75) is 13.8 Å². The zero-order valence-corrected chi connectivity index (χ0v) is 9.22. The van der Waals surface area contributed by atoms with Gasteiger partial charge in [0.25, 0.3) is 0 Å². The Balaban J connectivity index is 3.22. The first kappa shape index (κ1) is 10.0. The summed E-state index contributed by atoms with van der Waals surface area (Å²) in [6, 6.07) is 6.08. The van der Waals surface area contributed by atoms with Crippen molar-refractivity contribution in [2.75, 3.05) is 0 Å². The van der Waals surface area contributed by atoms with Crippen LogP contribution in [-0.2, 0) is 0 Å². The van der Waals surface area contributed by atoms with E-state index in [4.69, 9.17) is 5.26 Å². The number of hydrogen-bond acceptors (Lipinski definition) is 1. The van der Waals surface area contributed by atoms with E-state index >= 15 is 0 Å². The normalized spacial score (nSPS) is 10.3. The summed E-state index contributed by atoms with van der Waals surface area (Å²) in [5, 5.41) is 8.42. The molecular weight excluding hydrogens is 226 g/mol. The lowest BCUT2D eigenvalue weighted by Gasteiger charge is -2.05. The molecule has 0 heterocycles. The van der Waals surface area contributed by atoms with Crippen molar-refractivity contribution < 1.29 is 0 Å². The van der Waals surface area contributed by atoms with E-state index in [0.717, 1.165) is 10.0 Å². The molecule has 0 aromatic heterocycles. The van der Waals surface area contributed by atoms with Crippen molar-refractivity contribution in [1.82, 2.24) is 0 Å². The lowest BCUT2D eigenvalue weighted by atomic mass is 10.0. The maximum Gasteiger partial charge on any atom is 0.0912 e. The lowest BCUT2D eigenvalue weighted by Crippen LogP contribution is -1.86. The summed E-state index contributed by atoms with van der Waals surface area (Å²) in [5.41, 5.74) is 3.49. The summed E-state index contributed by atoms with van der Waals surface area (Å²) in [4.78, 5) is 0. The molecule has 1 aromatic rings. The molecule has 0 N–H and O–H groups in total. The fraction of sp³-hybridized carbons (Fsp3) is 0.182. The highest BCUT2D eigenvalue weighted by Gasteiger charge is 1.99. The Morgan fingerprint density at radius 1 is 1.31 bits per heavy atom. The summed E-state index contributed by atoms with van der Waals surface area (Å²) in [6.07, 6.45) is 3.35. The van der Waals surface area contributed by atoms with Crippen LogP contribution in [0.1, 0.15) is 16.7 Å². The molecule has 1 nitrogen and oxygen atoms in total. The first-order valence-electron chi connectivity index (χ1n) is 3.98. The Morgan fingerprint density at radius 3 is 2.31 bits per heavy atom. The van der Waals surface area contributed by atoms with Gasteiger partial charge in [-0.1, -0.05) is 15.9 Å². The highest BCUT2D eigenvalue weighted by atomic mass is 79.9. The van der Waals surface area contributed by atoms with Crippen LogP contribution in [0, 0.1) is 25.2 Å². The monoisotopic (exact) mass is 235 g/mol. The number of nitriles is 1. The second-order valence-electron chi connectivity index (χ2n) is 2.92. The van der Waals surface area contributed by atoms with E-state index in [-0.39, 0.29) is 0 Å². The Bertz CT molecular complexity index is 363. The number of halogens is 1. The largest absolute Gasteiger partial charge is 0.193 e. The molecule has 13 heavy (non-hydrogen) atoms. The van der Waals surface area contributed by atoms with Crippen LogP contribution < -0.4 is 0 Å². The molecule has 0 unspecified atom stereocenters. The van der Waals surface area contributed by atoms with Crippen molar-refractivity contribution >= 4 is 22.0 Å². The van der Waals surface area contributed by atoms with Crippen LogP contribution in [-0.4, -0.2) is 0 Å². The molecular formula is C11H10BrN. The molecule has 2 heteroatoms. The van der Waals surface area contributed by atoms with E-state index in [0.29, 0.717) is 0 Å². The topological polar surface area (TPSA) is 23.8 Å². The van der Waals surface area contributed by atoms with Gasteiger partial charge >= 0.3 is 0 Å². The Morgan fingerprint density at radius 2 is 1.85 bits per heavy atom. The summed E-state index contributed by atoms with van der Waals surface area (Å²) in [7, 11) is 0. The zero-order chi connectivity index (χ0) is 9.84. The van der Waals surface area contributed by atoms with E-state index in [1.54, 1.807) is 0 Å². The minimum absolute atomic E-state index is 1.08. The number of hydrogen-bond donors (Lipinski definition) is 0. The van der Waals surface area contributed by atoms with E-state index in [1.165, 1.54) is 17.2 Å². The summed E-state index contributed by atoms with van der Waals surface area (Å²) < 4.78 is 1.08. The van der Waals surface area contributed by atoms with Crippen LogP contribution in [0.4, 0.5) is 0 Å². The standard InChI is InChI=1S/C11H10BrN/c1-8-6-10(12)7-9(2)11(8)4-3-5-13/h3-4,6-7H,1-2H3. The molecule has 1 rings (SSSR count). The third-order valence-corrected chi connectivity index (χ3v) is 2.34. The zero-order valence-electron chi connectivity index (χ0n) is 7.63. The van der Waals surface area contributed by atoms with Crippen molar-refractivity contribution in [3.63, 3.8) is 0 Å². The van der Waals surface area contributed by atoms with Gasteiger partial charge in [0.05, 0.1) is 6.07 Å². The first-order valence-corrected chi connectivity index (χ1v) is 4.77. The maximum absolute atomic E-state index is 8.42. The fourth-order valence-electron chi connectivity index (χ4n) is 1.31. The third-order valence-electron chi connectivity index (χ3n) is 1.88. The van der Waals surface area contributed by atoms with Gasteiger partial charge in [-0.15, -0.1) is 0 Å². The third kappa shape index (κ3) is 2.43. The molecule has 0 radical (unpaired) electrons. The number of rotatable bonds is 1. The molecule has 0 fully saturated rings. The predicted octanol–water partition coefficient (Wildman–Crippen LogP) is 3.60. The summed E-state index contributed by atoms with van der Waals surface area (Å²) in [5.74, 6) is 0. The smallest absolute Gasteiger partial charge is 0.0912 e. The van der Waals surface area contributed by atoms with Gasteiger partial charge in [-0.2, -0.15) is 5.26 Å². The fourth-order valence-corrected chi connectivity index (χ4v) is 1.99. The quantitative estimate of drug-likeness (QED) is 0.683. The molecule has 0 atom stereocenters. The summed E-state index contributed by atoms with van der Waals surface area (Å²) >= 11 is 3.43. The van der Waals surface area contributed by atoms with Gasteiger partial charge in [-0.25, -0.2) is 0 Å². The van der Waals surface area contributed by atoms with Crippen LogP contribution in [0.3, 0.4) is 0 Å². The van der Waals surface area contributed by atoms with Gasteiger partial charge in [0.1, 0.15) is 0 Å². The Hall–Kier alpha value is -1.07.